The second kappa shape index (κ2) is 7.36. The maximum atomic E-state index is 12.2. The van der Waals surface area contributed by atoms with E-state index in [0.717, 1.165) is 11.3 Å². The highest BCUT2D eigenvalue weighted by Crippen LogP contribution is 2.17. The minimum atomic E-state index is -0.937. The normalized spacial score (nSPS) is 19.9. The zero-order chi connectivity index (χ0) is 15.2. The molecule has 1 aromatic rings. The first-order valence-corrected chi connectivity index (χ1v) is 8.15. The molecule has 0 aromatic heterocycles. The minimum absolute atomic E-state index is 0.192. The van der Waals surface area contributed by atoms with Crippen molar-refractivity contribution in [2.75, 3.05) is 24.6 Å². The summed E-state index contributed by atoms with van der Waals surface area (Å²) in [4.78, 5) is 24.8. The second-order valence-electron chi connectivity index (χ2n) is 5.12. The van der Waals surface area contributed by atoms with Crippen molar-refractivity contribution in [3.63, 3.8) is 0 Å². The van der Waals surface area contributed by atoms with Crippen molar-refractivity contribution in [2.24, 2.45) is 0 Å². The minimum Gasteiger partial charge on any atom is -0.480 e. The van der Waals surface area contributed by atoms with E-state index in [9.17, 15) is 14.7 Å². The first-order chi connectivity index (χ1) is 10.1. The number of nitrogens with one attached hydrogen (secondary N) is 1. The van der Waals surface area contributed by atoms with Crippen LogP contribution < -0.4 is 5.32 Å². The first kappa shape index (κ1) is 15.7. The van der Waals surface area contributed by atoms with Gasteiger partial charge in [-0.1, -0.05) is 37.3 Å². The Morgan fingerprint density at radius 2 is 2.14 bits per heavy atom. The van der Waals surface area contributed by atoms with Crippen LogP contribution in [0.4, 0.5) is 4.79 Å². The van der Waals surface area contributed by atoms with Gasteiger partial charge in [-0.3, -0.25) is 0 Å². The molecule has 0 spiro atoms. The molecule has 5 nitrogen and oxygen atoms in total. The topological polar surface area (TPSA) is 69.6 Å². The molecule has 6 heteroatoms. The molecule has 1 heterocycles. The van der Waals surface area contributed by atoms with Gasteiger partial charge in [-0.25, -0.2) is 9.59 Å². The lowest BCUT2D eigenvalue weighted by atomic mass is 10.0. The van der Waals surface area contributed by atoms with E-state index in [0.29, 0.717) is 18.8 Å². The van der Waals surface area contributed by atoms with Crippen molar-refractivity contribution < 1.29 is 14.7 Å². The number of nitrogens with zero attached hydrogens (tertiary/aromatic N) is 1. The third-order valence-electron chi connectivity index (χ3n) is 3.60. The highest BCUT2D eigenvalue weighted by atomic mass is 32.2. The van der Waals surface area contributed by atoms with E-state index in [2.05, 4.69) is 5.32 Å². The lowest BCUT2D eigenvalue weighted by Crippen LogP contribution is -2.54. The summed E-state index contributed by atoms with van der Waals surface area (Å²) in [5, 5.41) is 12.0. The quantitative estimate of drug-likeness (QED) is 0.892. The van der Waals surface area contributed by atoms with Crippen molar-refractivity contribution >= 4 is 23.8 Å². The van der Waals surface area contributed by atoms with Gasteiger partial charge in [0.1, 0.15) is 6.04 Å². The van der Waals surface area contributed by atoms with Gasteiger partial charge in [0.25, 0.3) is 0 Å². The van der Waals surface area contributed by atoms with Crippen LogP contribution in [0.3, 0.4) is 0 Å². The Bertz CT molecular complexity index is 495. The summed E-state index contributed by atoms with van der Waals surface area (Å²) < 4.78 is 0. The number of carbonyl (C=O) groups is 2. The van der Waals surface area contributed by atoms with E-state index in [1.807, 2.05) is 37.3 Å². The molecule has 2 amide bonds. The maximum absolute atomic E-state index is 12.2. The summed E-state index contributed by atoms with van der Waals surface area (Å²) in [5.41, 5.74) is 1.15. The maximum Gasteiger partial charge on any atom is 0.327 e. The van der Waals surface area contributed by atoms with E-state index in [1.54, 1.807) is 11.8 Å². The van der Waals surface area contributed by atoms with Gasteiger partial charge in [-0.2, -0.15) is 11.8 Å². The molecule has 2 unspecified atom stereocenters. The van der Waals surface area contributed by atoms with Crippen LogP contribution in [0.5, 0.6) is 0 Å². The number of amides is 2. The van der Waals surface area contributed by atoms with Crippen LogP contribution in [0.1, 0.15) is 18.4 Å². The zero-order valence-electron chi connectivity index (χ0n) is 12.0. The Hall–Kier alpha value is -1.69. The Labute approximate surface area is 128 Å². The Kier molecular flexibility index (Phi) is 5.50. The van der Waals surface area contributed by atoms with Crippen molar-refractivity contribution in [3.8, 4) is 0 Å². The lowest BCUT2D eigenvalue weighted by Gasteiger charge is -2.32. The molecule has 2 atom stereocenters. The number of hydrogen-bond acceptors (Lipinski definition) is 3. The van der Waals surface area contributed by atoms with Crippen LogP contribution in [0.15, 0.2) is 30.3 Å². The third kappa shape index (κ3) is 4.14. The Balaban J connectivity index is 1.90. The number of rotatable bonds is 4. The summed E-state index contributed by atoms with van der Waals surface area (Å²) in [6.07, 6.45) is 0. The SMILES string of the molecule is CC(CNC(=O)N1CCSCC1C(=O)O)c1ccccc1. The number of hydrogen-bond donors (Lipinski definition) is 2. The van der Waals surface area contributed by atoms with Gasteiger partial charge in [0, 0.05) is 24.6 Å². The predicted molar refractivity (Wildman–Crippen MR) is 83.7 cm³/mol. The van der Waals surface area contributed by atoms with Crippen molar-refractivity contribution in [2.45, 2.75) is 18.9 Å². The monoisotopic (exact) mass is 308 g/mol. The van der Waals surface area contributed by atoms with E-state index < -0.39 is 12.0 Å². The van der Waals surface area contributed by atoms with E-state index in [-0.39, 0.29) is 11.9 Å². The van der Waals surface area contributed by atoms with E-state index in [1.165, 1.54) is 4.90 Å². The third-order valence-corrected chi connectivity index (χ3v) is 4.63. The summed E-state index contributed by atoms with van der Waals surface area (Å²) in [5.74, 6) is 0.494. The molecular weight excluding hydrogens is 288 g/mol. The molecule has 0 bridgehead atoms. The molecule has 1 aliphatic heterocycles. The van der Waals surface area contributed by atoms with Crippen LogP contribution >= 0.6 is 11.8 Å². The molecule has 0 aliphatic carbocycles. The highest BCUT2D eigenvalue weighted by molar-refractivity contribution is 7.99. The molecule has 0 radical (unpaired) electrons. The Morgan fingerprint density at radius 1 is 1.43 bits per heavy atom. The summed E-state index contributed by atoms with van der Waals surface area (Å²) >= 11 is 1.57. The van der Waals surface area contributed by atoms with E-state index in [4.69, 9.17) is 0 Å². The number of carboxylic acids is 1. The standard InChI is InChI=1S/C15H20N2O3S/c1-11(12-5-3-2-4-6-12)9-16-15(20)17-7-8-21-10-13(17)14(18)19/h2-6,11,13H,7-10H2,1H3,(H,16,20)(H,18,19). The van der Waals surface area contributed by atoms with Crippen LogP contribution in [-0.4, -0.2) is 52.6 Å². The molecule has 21 heavy (non-hydrogen) atoms. The smallest absolute Gasteiger partial charge is 0.327 e. The molecule has 114 valence electrons. The predicted octanol–water partition coefficient (Wildman–Crippen LogP) is 2.00. The molecule has 2 rings (SSSR count). The summed E-state index contributed by atoms with van der Waals surface area (Å²) in [6, 6.07) is 8.92. The fraction of sp³-hybridized carbons (Fsp3) is 0.467. The van der Waals surface area contributed by atoms with Crippen LogP contribution in [0, 0.1) is 0 Å². The molecule has 2 N–H and O–H groups in total. The van der Waals surface area contributed by atoms with Gasteiger partial charge in [0.05, 0.1) is 0 Å². The molecule has 0 saturated carbocycles. The zero-order valence-corrected chi connectivity index (χ0v) is 12.8. The largest absolute Gasteiger partial charge is 0.480 e. The average Bonchev–Trinajstić information content (AvgIpc) is 2.53. The number of carboxylic acid groups (broad SMARTS) is 1. The number of carbonyl (C=O) groups excluding carboxylic acids is 1. The number of urea groups is 1. The summed E-state index contributed by atoms with van der Waals surface area (Å²) in [6.45, 7) is 3.02. The van der Waals surface area contributed by atoms with Crippen molar-refractivity contribution in [1.29, 1.82) is 0 Å². The lowest BCUT2D eigenvalue weighted by molar-refractivity contribution is -0.141. The molecular formula is C15H20N2O3S. The first-order valence-electron chi connectivity index (χ1n) is 6.99. The molecule has 1 saturated heterocycles. The van der Waals surface area contributed by atoms with Gasteiger partial charge in [-0.15, -0.1) is 0 Å². The number of thioether (sulfide) groups is 1. The van der Waals surface area contributed by atoms with Gasteiger partial charge < -0.3 is 15.3 Å². The fourth-order valence-corrected chi connectivity index (χ4v) is 3.33. The van der Waals surface area contributed by atoms with Crippen molar-refractivity contribution in [1.82, 2.24) is 10.2 Å². The fourth-order valence-electron chi connectivity index (χ4n) is 2.29. The highest BCUT2D eigenvalue weighted by Gasteiger charge is 2.32. The van der Waals surface area contributed by atoms with Crippen LogP contribution in [0.2, 0.25) is 0 Å². The van der Waals surface area contributed by atoms with Crippen LogP contribution in [0.25, 0.3) is 0 Å². The average molecular weight is 308 g/mol. The molecule has 1 aromatic carbocycles. The van der Waals surface area contributed by atoms with Crippen molar-refractivity contribution in [3.05, 3.63) is 35.9 Å². The van der Waals surface area contributed by atoms with E-state index >= 15 is 0 Å². The van der Waals surface area contributed by atoms with Gasteiger partial charge in [0.15, 0.2) is 0 Å². The molecule has 1 fully saturated rings. The second-order valence-corrected chi connectivity index (χ2v) is 6.27. The van der Waals surface area contributed by atoms with Gasteiger partial charge >= 0.3 is 12.0 Å². The Morgan fingerprint density at radius 3 is 2.81 bits per heavy atom. The number of aliphatic carboxylic acids is 1. The van der Waals surface area contributed by atoms with Crippen LogP contribution in [-0.2, 0) is 4.79 Å². The molecule has 1 aliphatic rings. The number of benzene rings is 1. The van der Waals surface area contributed by atoms with Gasteiger partial charge in [-0.05, 0) is 11.5 Å². The van der Waals surface area contributed by atoms with Gasteiger partial charge in [0.2, 0.25) is 0 Å². The summed E-state index contributed by atoms with van der Waals surface area (Å²) in [7, 11) is 0.